The normalized spacial score (nSPS) is 13.2. The lowest BCUT2D eigenvalue weighted by molar-refractivity contribution is -0.384. The monoisotopic (exact) mass is 295 g/mol. The van der Waals surface area contributed by atoms with Gasteiger partial charge in [0, 0.05) is 11.6 Å². The molecule has 1 atom stereocenters. The number of aliphatic carboxylic acids is 1. The summed E-state index contributed by atoms with van der Waals surface area (Å²) in [5, 5.41) is 23.0. The van der Waals surface area contributed by atoms with E-state index < -0.39 is 22.3 Å². The Morgan fingerprint density at radius 3 is 2.52 bits per heavy atom. The number of nitro benzene ring substituents is 1. The number of nitrogens with one attached hydrogen (secondary N) is 1. The van der Waals surface area contributed by atoms with Gasteiger partial charge in [-0.2, -0.15) is 0 Å². The molecular formula is C13H17N3O5. The van der Waals surface area contributed by atoms with Crippen LogP contribution in [0.3, 0.4) is 0 Å². The number of hydrogen-bond donors (Lipinski definition) is 3. The number of carbonyl (C=O) groups is 2. The highest BCUT2D eigenvalue weighted by atomic mass is 16.6. The number of carbonyl (C=O) groups excluding carboxylic acids is 1. The molecule has 0 saturated carbocycles. The van der Waals surface area contributed by atoms with Crippen molar-refractivity contribution < 1.29 is 19.6 Å². The highest BCUT2D eigenvalue weighted by Crippen LogP contribution is 2.30. The number of primary amides is 1. The number of carboxylic acids is 1. The molecule has 0 aliphatic rings. The first-order chi connectivity index (χ1) is 9.71. The second-order valence-electron chi connectivity index (χ2n) is 4.87. The van der Waals surface area contributed by atoms with Crippen LogP contribution in [-0.4, -0.2) is 27.4 Å². The number of hydrogen-bond acceptors (Lipinski definition) is 5. The van der Waals surface area contributed by atoms with E-state index in [1.54, 1.807) is 6.92 Å². The first-order valence-electron chi connectivity index (χ1n) is 6.31. The zero-order chi connectivity index (χ0) is 16.2. The molecule has 0 bridgehead atoms. The van der Waals surface area contributed by atoms with E-state index in [4.69, 9.17) is 5.73 Å². The molecule has 1 amide bonds. The summed E-state index contributed by atoms with van der Waals surface area (Å²) in [5.74, 6) is -1.89. The summed E-state index contributed by atoms with van der Waals surface area (Å²) >= 11 is 0. The molecule has 1 unspecified atom stereocenters. The van der Waals surface area contributed by atoms with E-state index in [9.17, 15) is 24.8 Å². The lowest BCUT2D eigenvalue weighted by Crippen LogP contribution is -2.43. The van der Waals surface area contributed by atoms with Gasteiger partial charge in [0.25, 0.3) is 5.69 Å². The lowest BCUT2D eigenvalue weighted by atomic mass is 9.95. The molecule has 21 heavy (non-hydrogen) atoms. The minimum absolute atomic E-state index is 0.0466. The fourth-order valence-electron chi connectivity index (χ4n) is 1.97. The van der Waals surface area contributed by atoms with Gasteiger partial charge in [-0.25, -0.2) is 4.79 Å². The molecule has 0 fully saturated rings. The standard InChI is InChI=1S/C13H17N3O5/c1-3-6-13(2,12(18)19)15-9-7-8(11(14)17)4-5-10(9)16(20)21/h4-5,7,15H,3,6H2,1-2H3,(H2,14,17)(H,18,19). The number of benzene rings is 1. The summed E-state index contributed by atoms with van der Waals surface area (Å²) in [7, 11) is 0. The van der Waals surface area contributed by atoms with E-state index in [1.807, 2.05) is 0 Å². The van der Waals surface area contributed by atoms with Gasteiger partial charge in [0.1, 0.15) is 11.2 Å². The van der Waals surface area contributed by atoms with Crippen LogP contribution >= 0.6 is 0 Å². The number of nitrogens with two attached hydrogens (primary N) is 1. The Morgan fingerprint density at radius 1 is 1.48 bits per heavy atom. The van der Waals surface area contributed by atoms with Gasteiger partial charge in [0.2, 0.25) is 5.91 Å². The van der Waals surface area contributed by atoms with Crippen molar-refractivity contribution in [3.8, 4) is 0 Å². The van der Waals surface area contributed by atoms with Gasteiger partial charge < -0.3 is 16.2 Å². The summed E-state index contributed by atoms with van der Waals surface area (Å²) < 4.78 is 0. The van der Waals surface area contributed by atoms with Gasteiger partial charge >= 0.3 is 5.97 Å². The van der Waals surface area contributed by atoms with Crippen LogP contribution in [0, 0.1) is 10.1 Å². The molecule has 8 heteroatoms. The number of rotatable bonds is 7. The maximum Gasteiger partial charge on any atom is 0.329 e. The maximum atomic E-state index is 11.4. The minimum atomic E-state index is -1.38. The third-order valence-corrected chi connectivity index (χ3v) is 3.11. The highest BCUT2D eigenvalue weighted by Gasteiger charge is 2.34. The molecule has 0 aromatic heterocycles. The molecule has 1 aromatic carbocycles. The van der Waals surface area contributed by atoms with E-state index in [2.05, 4.69) is 5.32 Å². The van der Waals surface area contributed by atoms with E-state index in [0.29, 0.717) is 6.42 Å². The number of amides is 1. The summed E-state index contributed by atoms with van der Waals surface area (Å²) in [6, 6.07) is 3.54. The second kappa shape index (κ2) is 6.21. The Morgan fingerprint density at radius 2 is 2.10 bits per heavy atom. The van der Waals surface area contributed by atoms with Crippen LogP contribution in [0.1, 0.15) is 37.0 Å². The molecule has 0 heterocycles. The average molecular weight is 295 g/mol. The van der Waals surface area contributed by atoms with Crippen molar-refractivity contribution in [3.63, 3.8) is 0 Å². The number of carboxylic acid groups (broad SMARTS) is 1. The zero-order valence-corrected chi connectivity index (χ0v) is 11.8. The Bertz CT molecular complexity index is 587. The van der Waals surface area contributed by atoms with Crippen molar-refractivity contribution in [2.75, 3.05) is 5.32 Å². The van der Waals surface area contributed by atoms with Crippen molar-refractivity contribution in [1.82, 2.24) is 0 Å². The van der Waals surface area contributed by atoms with Crippen LogP contribution in [0.15, 0.2) is 18.2 Å². The lowest BCUT2D eigenvalue weighted by Gasteiger charge is -2.27. The molecule has 4 N–H and O–H groups in total. The van der Waals surface area contributed by atoms with E-state index >= 15 is 0 Å². The Hall–Kier alpha value is -2.64. The molecule has 8 nitrogen and oxygen atoms in total. The minimum Gasteiger partial charge on any atom is -0.480 e. The third-order valence-electron chi connectivity index (χ3n) is 3.11. The first-order valence-corrected chi connectivity index (χ1v) is 6.31. The van der Waals surface area contributed by atoms with Crippen molar-refractivity contribution in [3.05, 3.63) is 33.9 Å². The van der Waals surface area contributed by atoms with Gasteiger partial charge in [0.15, 0.2) is 0 Å². The van der Waals surface area contributed by atoms with Crippen molar-refractivity contribution in [2.45, 2.75) is 32.2 Å². The van der Waals surface area contributed by atoms with Gasteiger partial charge in [-0.05, 0) is 25.5 Å². The Kier molecular flexibility index (Phi) is 4.85. The van der Waals surface area contributed by atoms with E-state index in [1.165, 1.54) is 19.1 Å². The number of nitro groups is 1. The molecule has 0 aliphatic heterocycles. The largest absolute Gasteiger partial charge is 0.480 e. The van der Waals surface area contributed by atoms with Crippen LogP contribution in [0.2, 0.25) is 0 Å². The zero-order valence-electron chi connectivity index (χ0n) is 11.8. The molecule has 0 radical (unpaired) electrons. The molecule has 0 aliphatic carbocycles. The quantitative estimate of drug-likeness (QED) is 0.518. The fraction of sp³-hybridized carbons (Fsp3) is 0.385. The number of nitrogens with zero attached hydrogens (tertiary/aromatic N) is 1. The van der Waals surface area contributed by atoms with Crippen LogP contribution in [0.25, 0.3) is 0 Å². The summed E-state index contributed by atoms with van der Waals surface area (Å²) in [6.45, 7) is 3.23. The van der Waals surface area contributed by atoms with Crippen LogP contribution in [0.4, 0.5) is 11.4 Å². The molecule has 1 aromatic rings. The van der Waals surface area contributed by atoms with E-state index in [-0.39, 0.29) is 23.4 Å². The smallest absolute Gasteiger partial charge is 0.329 e. The predicted molar refractivity (Wildman–Crippen MR) is 76.2 cm³/mol. The maximum absolute atomic E-state index is 11.4. The number of anilines is 1. The topological polar surface area (TPSA) is 136 Å². The predicted octanol–water partition coefficient (Wildman–Crippen LogP) is 1.75. The summed E-state index contributed by atoms with van der Waals surface area (Å²) in [5.41, 5.74) is 3.46. The average Bonchev–Trinajstić information content (AvgIpc) is 2.38. The van der Waals surface area contributed by atoms with Gasteiger partial charge in [-0.15, -0.1) is 0 Å². The van der Waals surface area contributed by atoms with Crippen molar-refractivity contribution in [2.24, 2.45) is 5.73 Å². The molecular weight excluding hydrogens is 278 g/mol. The molecule has 1 rings (SSSR count). The fourth-order valence-corrected chi connectivity index (χ4v) is 1.97. The van der Waals surface area contributed by atoms with Gasteiger partial charge in [0.05, 0.1) is 4.92 Å². The van der Waals surface area contributed by atoms with Crippen LogP contribution < -0.4 is 11.1 Å². The summed E-state index contributed by atoms with van der Waals surface area (Å²) in [4.78, 5) is 32.9. The van der Waals surface area contributed by atoms with Gasteiger partial charge in [-0.1, -0.05) is 13.3 Å². The Labute approximate surface area is 121 Å². The molecule has 0 spiro atoms. The third kappa shape index (κ3) is 3.68. The highest BCUT2D eigenvalue weighted by molar-refractivity contribution is 5.95. The van der Waals surface area contributed by atoms with Crippen LogP contribution in [-0.2, 0) is 4.79 Å². The first kappa shape index (κ1) is 16.4. The molecule has 114 valence electrons. The van der Waals surface area contributed by atoms with Crippen LogP contribution in [0.5, 0.6) is 0 Å². The van der Waals surface area contributed by atoms with Crippen molar-refractivity contribution >= 4 is 23.3 Å². The second-order valence-corrected chi connectivity index (χ2v) is 4.87. The van der Waals surface area contributed by atoms with E-state index in [0.717, 1.165) is 6.07 Å². The van der Waals surface area contributed by atoms with Gasteiger partial charge in [-0.3, -0.25) is 14.9 Å². The summed E-state index contributed by atoms with van der Waals surface area (Å²) in [6.07, 6.45) is 0.833. The molecule has 0 saturated heterocycles. The van der Waals surface area contributed by atoms with Crippen molar-refractivity contribution in [1.29, 1.82) is 0 Å². The Balaban J connectivity index is 3.31. The SMILES string of the molecule is CCCC(C)(Nc1cc(C(N)=O)ccc1[N+](=O)[O-])C(=O)O.